The summed E-state index contributed by atoms with van der Waals surface area (Å²) in [4.78, 5) is 45.0. The molecule has 0 aliphatic carbocycles. The van der Waals surface area contributed by atoms with Crippen molar-refractivity contribution in [1.82, 2.24) is 15.7 Å². The normalized spacial score (nSPS) is 14.9. The number of carbonyl (C=O) groups excluding carboxylic acids is 3. The average molecular weight is 521 g/mol. The van der Waals surface area contributed by atoms with Gasteiger partial charge in [-0.25, -0.2) is 5.48 Å². The van der Waals surface area contributed by atoms with Gasteiger partial charge >= 0.3 is 0 Å². The van der Waals surface area contributed by atoms with E-state index in [2.05, 4.69) is 10.8 Å². The Hall–Kier alpha value is -2.65. The fraction of sp³-hybridized carbons (Fsp3) is 0.400. The topological polar surface area (TPSA) is 114 Å². The van der Waals surface area contributed by atoms with Gasteiger partial charge in [0.25, 0.3) is 5.91 Å². The molecule has 1 fully saturated rings. The highest BCUT2D eigenvalue weighted by atomic mass is 35.5. The van der Waals surface area contributed by atoms with Gasteiger partial charge in [-0.2, -0.15) is 0 Å². The van der Waals surface area contributed by atoms with Crippen molar-refractivity contribution in [2.75, 3.05) is 26.2 Å². The van der Waals surface area contributed by atoms with Crippen molar-refractivity contribution in [3.8, 4) is 0 Å². The summed E-state index contributed by atoms with van der Waals surface area (Å²) < 4.78 is 0. The van der Waals surface area contributed by atoms with E-state index >= 15 is 0 Å². The van der Waals surface area contributed by atoms with E-state index in [1.165, 1.54) is 0 Å². The van der Waals surface area contributed by atoms with E-state index in [9.17, 15) is 14.4 Å². The number of carbonyl (C=O) groups is 3. The molecule has 1 saturated heterocycles. The van der Waals surface area contributed by atoms with Crippen LogP contribution in [-0.2, 0) is 27.4 Å². The first-order valence-electron chi connectivity index (χ1n) is 11.5. The van der Waals surface area contributed by atoms with Gasteiger partial charge in [-0.1, -0.05) is 48.3 Å². The summed E-state index contributed by atoms with van der Waals surface area (Å²) in [5.41, 5.74) is 9.30. The Morgan fingerprint density at radius 3 is 2.37 bits per heavy atom. The number of likely N-dealkylation sites (tertiary alicyclic amines) is 1. The summed E-state index contributed by atoms with van der Waals surface area (Å²) in [5.74, 6) is -0.812. The fourth-order valence-electron chi connectivity index (χ4n) is 3.97. The van der Waals surface area contributed by atoms with Gasteiger partial charge in [-0.05, 0) is 54.7 Å². The predicted octanol–water partition coefficient (Wildman–Crippen LogP) is 3.10. The van der Waals surface area contributed by atoms with Gasteiger partial charge < -0.3 is 16.0 Å². The van der Waals surface area contributed by atoms with Crippen LogP contribution in [-0.4, -0.2) is 48.9 Å². The van der Waals surface area contributed by atoms with Crippen LogP contribution in [0.5, 0.6) is 0 Å². The number of nitrogens with one attached hydrogen (secondary N) is 2. The minimum atomic E-state index is -0.941. The van der Waals surface area contributed by atoms with Crippen molar-refractivity contribution in [3.63, 3.8) is 0 Å². The predicted molar refractivity (Wildman–Crippen MR) is 135 cm³/mol. The molecule has 3 amide bonds. The number of piperidine rings is 1. The Labute approximate surface area is 215 Å². The van der Waals surface area contributed by atoms with Crippen LogP contribution in [0.3, 0.4) is 0 Å². The number of hydrogen-bond donors (Lipinski definition) is 3. The van der Waals surface area contributed by atoms with Crippen molar-refractivity contribution in [1.29, 1.82) is 0 Å². The van der Waals surface area contributed by atoms with Gasteiger partial charge in [-0.3, -0.25) is 19.2 Å². The molecule has 2 aromatic rings. The molecule has 0 unspecified atom stereocenters. The van der Waals surface area contributed by atoms with Gasteiger partial charge in [0.1, 0.15) is 0 Å². The van der Waals surface area contributed by atoms with Gasteiger partial charge in [0.05, 0.1) is 18.6 Å². The molecule has 188 valence electrons. The van der Waals surface area contributed by atoms with Crippen molar-refractivity contribution < 1.29 is 19.2 Å². The lowest BCUT2D eigenvalue weighted by Crippen LogP contribution is -2.53. The molecule has 35 heavy (non-hydrogen) atoms. The van der Waals surface area contributed by atoms with Crippen LogP contribution >= 0.6 is 23.2 Å². The molecule has 1 aliphatic heterocycles. The lowest BCUT2D eigenvalue weighted by atomic mass is 9.78. The van der Waals surface area contributed by atoms with Crippen LogP contribution < -0.4 is 16.5 Å². The number of hydroxylamine groups is 1. The summed E-state index contributed by atoms with van der Waals surface area (Å²) in [6.45, 7) is 2.84. The van der Waals surface area contributed by atoms with Gasteiger partial charge in [0, 0.05) is 35.2 Å². The number of nitrogens with two attached hydrogens (primary N) is 1. The van der Waals surface area contributed by atoms with Gasteiger partial charge in [0.15, 0.2) is 0 Å². The summed E-state index contributed by atoms with van der Waals surface area (Å²) in [7, 11) is 0. The molecular weight excluding hydrogens is 491 g/mol. The van der Waals surface area contributed by atoms with Crippen LogP contribution in [0.15, 0.2) is 42.5 Å². The molecule has 0 aromatic heterocycles. The zero-order valence-corrected chi connectivity index (χ0v) is 21.1. The van der Waals surface area contributed by atoms with E-state index in [1.54, 1.807) is 35.2 Å². The number of amides is 3. The van der Waals surface area contributed by atoms with Crippen molar-refractivity contribution in [3.05, 3.63) is 69.2 Å². The summed E-state index contributed by atoms with van der Waals surface area (Å²) >= 11 is 12.2. The second kappa shape index (κ2) is 12.4. The van der Waals surface area contributed by atoms with Crippen LogP contribution in [0.1, 0.15) is 41.3 Å². The minimum Gasteiger partial charge on any atom is -0.351 e. The quantitative estimate of drug-likeness (QED) is 0.439. The van der Waals surface area contributed by atoms with Gasteiger partial charge in [0.2, 0.25) is 11.8 Å². The zero-order valence-electron chi connectivity index (χ0n) is 19.6. The molecule has 0 spiro atoms. The fourth-order valence-corrected chi connectivity index (χ4v) is 4.44. The first kappa shape index (κ1) is 26.9. The van der Waals surface area contributed by atoms with Crippen LogP contribution in [0.4, 0.5) is 0 Å². The van der Waals surface area contributed by atoms with E-state index < -0.39 is 11.3 Å². The molecule has 0 bridgehead atoms. The molecule has 0 radical (unpaired) electrons. The average Bonchev–Trinajstić information content (AvgIpc) is 2.87. The summed E-state index contributed by atoms with van der Waals surface area (Å²) in [6.07, 6.45) is 1.60. The van der Waals surface area contributed by atoms with Crippen molar-refractivity contribution in [2.45, 2.75) is 32.7 Å². The minimum absolute atomic E-state index is 0.0450. The van der Waals surface area contributed by atoms with Gasteiger partial charge in [-0.15, -0.1) is 0 Å². The molecule has 8 nitrogen and oxygen atoms in total. The highest BCUT2D eigenvalue weighted by Crippen LogP contribution is 2.33. The SMILES string of the molecule is CCc1ccc(C(=O)NOCC2(C(=O)NCc3ccc(Cl)cc3Cl)CCN(C(=O)CN)CC2)cc1. The Balaban J connectivity index is 1.66. The van der Waals surface area contributed by atoms with E-state index in [-0.39, 0.29) is 31.5 Å². The smallest absolute Gasteiger partial charge is 0.274 e. The monoisotopic (exact) mass is 520 g/mol. The molecule has 10 heteroatoms. The van der Waals surface area contributed by atoms with E-state index in [1.807, 2.05) is 19.1 Å². The molecule has 0 saturated carbocycles. The molecule has 4 N–H and O–H groups in total. The lowest BCUT2D eigenvalue weighted by Gasteiger charge is -2.40. The first-order valence-corrected chi connectivity index (χ1v) is 12.2. The Morgan fingerprint density at radius 2 is 1.77 bits per heavy atom. The van der Waals surface area contributed by atoms with E-state index in [0.717, 1.165) is 17.5 Å². The van der Waals surface area contributed by atoms with E-state index in [0.29, 0.717) is 41.5 Å². The van der Waals surface area contributed by atoms with Crippen LogP contribution in [0.2, 0.25) is 10.0 Å². The summed E-state index contributed by atoms with van der Waals surface area (Å²) in [6, 6.07) is 12.3. The maximum Gasteiger partial charge on any atom is 0.274 e. The van der Waals surface area contributed by atoms with Crippen LogP contribution in [0, 0.1) is 5.41 Å². The lowest BCUT2D eigenvalue weighted by molar-refractivity contribution is -0.145. The highest BCUT2D eigenvalue weighted by molar-refractivity contribution is 6.35. The van der Waals surface area contributed by atoms with Crippen molar-refractivity contribution >= 4 is 40.9 Å². The number of hydrogen-bond acceptors (Lipinski definition) is 5. The maximum atomic E-state index is 13.3. The third kappa shape index (κ3) is 6.95. The largest absolute Gasteiger partial charge is 0.351 e. The first-order chi connectivity index (χ1) is 16.8. The zero-order chi connectivity index (χ0) is 25.4. The molecule has 0 atom stereocenters. The number of rotatable bonds is 9. The maximum absolute atomic E-state index is 13.3. The Kier molecular flexibility index (Phi) is 9.51. The summed E-state index contributed by atoms with van der Waals surface area (Å²) in [5, 5.41) is 3.88. The van der Waals surface area contributed by atoms with Crippen LogP contribution in [0.25, 0.3) is 0 Å². The molecule has 1 heterocycles. The van der Waals surface area contributed by atoms with Crippen molar-refractivity contribution in [2.24, 2.45) is 11.1 Å². The van der Waals surface area contributed by atoms with E-state index in [4.69, 9.17) is 33.8 Å². The second-order valence-corrected chi connectivity index (χ2v) is 9.40. The third-order valence-corrected chi connectivity index (χ3v) is 6.91. The Morgan fingerprint density at radius 1 is 1.09 bits per heavy atom. The Bertz CT molecular complexity index is 1050. The molecule has 2 aromatic carbocycles. The number of halogens is 2. The number of nitrogens with zero attached hydrogens (tertiary/aromatic N) is 1. The number of benzene rings is 2. The number of aryl methyl sites for hydroxylation is 1. The highest BCUT2D eigenvalue weighted by Gasteiger charge is 2.43. The standard InChI is InChI=1S/C25H30Cl2N4O4/c1-2-17-3-5-18(6-4-17)23(33)30-35-16-25(9-11-31(12-10-25)22(32)14-28)24(34)29-15-19-7-8-20(26)13-21(19)27/h3-8,13H,2,9-12,14-16,28H2,1H3,(H,29,34)(H,30,33). The second-order valence-electron chi connectivity index (χ2n) is 8.55. The molecule has 3 rings (SSSR count). The molecule has 1 aliphatic rings. The molecular formula is C25H30Cl2N4O4. The third-order valence-electron chi connectivity index (χ3n) is 6.32.